The average molecular weight is 600 g/mol. The molecule has 0 saturated heterocycles. The summed E-state index contributed by atoms with van der Waals surface area (Å²) in [7, 11) is 0. The summed E-state index contributed by atoms with van der Waals surface area (Å²) in [5, 5.41) is 12.1. The maximum absolute atomic E-state index is 13.7. The van der Waals surface area contributed by atoms with Gasteiger partial charge >= 0.3 is 0 Å². The van der Waals surface area contributed by atoms with Gasteiger partial charge in [0.25, 0.3) is 5.56 Å². The molecular formula is C25H16Br2N2O2S2. The number of hydrogen-bond acceptors (Lipinski definition) is 5. The smallest absolute Gasteiger partial charge is 0.271 e. The van der Waals surface area contributed by atoms with E-state index >= 15 is 0 Å². The summed E-state index contributed by atoms with van der Waals surface area (Å²) in [6.07, 6.45) is 3.70. The second-order valence-electron chi connectivity index (χ2n) is 7.96. The van der Waals surface area contributed by atoms with Gasteiger partial charge < -0.3 is 5.11 Å². The monoisotopic (exact) mass is 598 g/mol. The molecule has 4 aromatic rings. The van der Waals surface area contributed by atoms with Crippen LogP contribution >= 0.6 is 54.5 Å². The number of thiazole rings is 1. The lowest BCUT2D eigenvalue weighted by molar-refractivity contribution is 0.468. The summed E-state index contributed by atoms with van der Waals surface area (Å²) in [4.78, 5) is 20.6. The maximum atomic E-state index is 13.7. The van der Waals surface area contributed by atoms with E-state index in [0.717, 1.165) is 33.8 Å². The Bertz CT molecular complexity index is 1610. The largest absolute Gasteiger partial charge is 0.506 e. The maximum Gasteiger partial charge on any atom is 0.271 e. The summed E-state index contributed by atoms with van der Waals surface area (Å²) >= 11 is 9.83. The van der Waals surface area contributed by atoms with Gasteiger partial charge in [-0.25, -0.2) is 4.99 Å². The Hall–Kier alpha value is -2.26. The van der Waals surface area contributed by atoms with Crippen LogP contribution in [-0.4, -0.2) is 9.67 Å². The molecule has 0 fully saturated rings. The summed E-state index contributed by atoms with van der Waals surface area (Å²) in [6, 6.07) is 16.1. The molecule has 3 heterocycles. The summed E-state index contributed by atoms with van der Waals surface area (Å²) < 4.78 is 3.62. The van der Waals surface area contributed by atoms with Gasteiger partial charge in [0, 0.05) is 10.4 Å². The number of thiophene rings is 1. The van der Waals surface area contributed by atoms with Crippen molar-refractivity contribution in [2.24, 2.45) is 4.99 Å². The number of rotatable bonds is 2. The van der Waals surface area contributed by atoms with E-state index in [1.807, 2.05) is 16.7 Å². The van der Waals surface area contributed by atoms with E-state index in [2.05, 4.69) is 67.6 Å². The number of aryl methyl sites for hydroxylation is 1. The number of nitrogens with zero attached hydrogens (tertiary/aromatic N) is 2. The summed E-state index contributed by atoms with van der Waals surface area (Å²) in [6.45, 7) is 0. The number of aromatic nitrogens is 1. The minimum absolute atomic E-state index is 0.0390. The van der Waals surface area contributed by atoms with Crippen molar-refractivity contribution in [3.8, 4) is 5.75 Å². The fourth-order valence-corrected chi connectivity index (χ4v) is 7.61. The highest BCUT2D eigenvalue weighted by atomic mass is 79.9. The molecule has 0 spiro atoms. The number of phenols is 1. The van der Waals surface area contributed by atoms with E-state index in [-0.39, 0.29) is 17.4 Å². The van der Waals surface area contributed by atoms with Crippen molar-refractivity contribution in [2.45, 2.75) is 18.9 Å². The third kappa shape index (κ3) is 3.51. The predicted octanol–water partition coefficient (Wildman–Crippen LogP) is 5.61. The lowest BCUT2D eigenvalue weighted by atomic mass is 9.85. The molecule has 4 nitrogen and oxygen atoms in total. The molecule has 0 amide bonds. The second-order valence-corrected chi connectivity index (χ2v) is 11.7. The minimum Gasteiger partial charge on any atom is -0.506 e. The third-order valence-corrected chi connectivity index (χ3v) is 9.14. The Labute approximate surface area is 214 Å². The first-order valence-corrected chi connectivity index (χ1v) is 13.6. The van der Waals surface area contributed by atoms with Gasteiger partial charge in [0.2, 0.25) is 0 Å². The molecule has 164 valence electrons. The lowest BCUT2D eigenvalue weighted by Crippen LogP contribution is -2.38. The quantitative estimate of drug-likeness (QED) is 0.326. The third-order valence-electron chi connectivity index (χ3n) is 6.02. The van der Waals surface area contributed by atoms with Gasteiger partial charge in [-0.15, -0.1) is 11.3 Å². The molecule has 8 heteroatoms. The Morgan fingerprint density at radius 3 is 2.64 bits per heavy atom. The molecule has 6 rings (SSSR count). The molecule has 2 aromatic heterocycles. The van der Waals surface area contributed by atoms with Gasteiger partial charge in [-0.05, 0) is 91.1 Å². The zero-order valence-electron chi connectivity index (χ0n) is 17.1. The van der Waals surface area contributed by atoms with Crippen LogP contribution < -0.4 is 14.9 Å². The van der Waals surface area contributed by atoms with Crippen LogP contribution in [-0.2, 0) is 6.42 Å². The van der Waals surface area contributed by atoms with Gasteiger partial charge in [0.1, 0.15) is 5.75 Å². The van der Waals surface area contributed by atoms with Crippen LogP contribution in [0, 0.1) is 0 Å². The van der Waals surface area contributed by atoms with Crippen molar-refractivity contribution in [3.05, 3.63) is 110 Å². The van der Waals surface area contributed by atoms with Gasteiger partial charge in [-0.2, -0.15) is 0 Å². The van der Waals surface area contributed by atoms with E-state index < -0.39 is 0 Å². The van der Waals surface area contributed by atoms with Crippen LogP contribution in [0.3, 0.4) is 0 Å². The molecule has 1 aliphatic heterocycles. The van der Waals surface area contributed by atoms with E-state index in [1.165, 1.54) is 28.0 Å². The topological polar surface area (TPSA) is 54.6 Å². The highest BCUT2D eigenvalue weighted by Crippen LogP contribution is 2.42. The molecule has 1 aliphatic carbocycles. The van der Waals surface area contributed by atoms with Crippen LogP contribution in [0.1, 0.15) is 34.0 Å². The minimum atomic E-state index is -0.134. The Morgan fingerprint density at radius 1 is 1.09 bits per heavy atom. The van der Waals surface area contributed by atoms with Crippen molar-refractivity contribution < 1.29 is 5.11 Å². The van der Waals surface area contributed by atoms with Crippen LogP contribution in [0.4, 0.5) is 0 Å². The molecule has 1 unspecified atom stereocenters. The van der Waals surface area contributed by atoms with Gasteiger partial charge in [0.05, 0.1) is 25.2 Å². The standard InChI is InChI=1S/C25H16Br2N2O2S2/c26-17-10-13(11-18(27)23(17)30)12-20-24(31)29-22(19-6-3-9-32-19)16-8-7-14-4-1-2-5-15(14)21(16)28-25(29)33-20/h1-6,9-12,22,30H,7-8H2/b20-12+. The van der Waals surface area contributed by atoms with Gasteiger partial charge in [0.15, 0.2) is 4.80 Å². The number of halogens is 2. The number of aromatic hydroxyl groups is 1. The van der Waals surface area contributed by atoms with Crippen LogP contribution in [0.25, 0.3) is 11.8 Å². The number of fused-ring (bicyclic) bond motifs is 3. The molecule has 33 heavy (non-hydrogen) atoms. The lowest BCUT2D eigenvalue weighted by Gasteiger charge is -2.30. The zero-order valence-corrected chi connectivity index (χ0v) is 21.9. The first-order valence-electron chi connectivity index (χ1n) is 10.4. The molecule has 0 radical (unpaired) electrons. The van der Waals surface area contributed by atoms with E-state index in [1.54, 1.807) is 23.5 Å². The summed E-state index contributed by atoms with van der Waals surface area (Å²) in [5.74, 6) is 0.137. The van der Waals surface area contributed by atoms with Crippen molar-refractivity contribution in [2.75, 3.05) is 0 Å². The van der Waals surface area contributed by atoms with Crippen LogP contribution in [0.15, 0.2) is 78.2 Å². The Morgan fingerprint density at radius 2 is 1.88 bits per heavy atom. The zero-order chi connectivity index (χ0) is 22.7. The highest BCUT2D eigenvalue weighted by molar-refractivity contribution is 9.11. The fourth-order valence-electron chi connectivity index (χ4n) is 4.54. The molecule has 0 saturated carbocycles. The fraction of sp³-hybridized carbons (Fsp3) is 0.120. The van der Waals surface area contributed by atoms with Crippen molar-refractivity contribution in [3.63, 3.8) is 0 Å². The second kappa shape index (κ2) is 8.20. The molecule has 2 aliphatic rings. The number of benzene rings is 2. The van der Waals surface area contributed by atoms with E-state index in [9.17, 15) is 9.90 Å². The molecule has 1 atom stereocenters. The van der Waals surface area contributed by atoms with Crippen LogP contribution in [0.2, 0.25) is 0 Å². The van der Waals surface area contributed by atoms with Crippen molar-refractivity contribution in [1.82, 2.24) is 4.57 Å². The first-order chi connectivity index (χ1) is 16.0. The summed E-state index contributed by atoms with van der Waals surface area (Å²) in [5.41, 5.74) is 5.48. The van der Waals surface area contributed by atoms with Gasteiger partial charge in [-0.1, -0.05) is 41.7 Å². The van der Waals surface area contributed by atoms with E-state index in [0.29, 0.717) is 13.5 Å². The predicted molar refractivity (Wildman–Crippen MR) is 141 cm³/mol. The highest BCUT2D eigenvalue weighted by Gasteiger charge is 2.32. The Kier molecular flexibility index (Phi) is 5.29. The first kappa shape index (κ1) is 21.3. The SMILES string of the molecule is O=c1/c(=C\c2cc(Br)c(O)c(Br)c2)sc2n1C(c1cccs1)C1=C(N=2)c2ccccc2CC1. The molecular weight excluding hydrogens is 584 g/mol. The molecule has 2 aromatic carbocycles. The van der Waals surface area contributed by atoms with E-state index in [4.69, 9.17) is 4.99 Å². The van der Waals surface area contributed by atoms with Crippen LogP contribution in [0.5, 0.6) is 5.75 Å². The average Bonchev–Trinajstić information content (AvgIpc) is 3.45. The molecule has 1 N–H and O–H groups in total. The van der Waals surface area contributed by atoms with Crippen molar-refractivity contribution in [1.29, 1.82) is 0 Å². The number of phenolic OH excluding ortho intramolecular Hbond substituents is 1. The number of allylic oxidation sites excluding steroid dienone is 1. The molecule has 0 bridgehead atoms. The number of hydrogen-bond donors (Lipinski definition) is 1. The van der Waals surface area contributed by atoms with Crippen molar-refractivity contribution >= 4 is 66.3 Å². The Balaban J connectivity index is 1.61. The normalized spacial score (nSPS) is 17.4. The van der Waals surface area contributed by atoms with Gasteiger partial charge in [-0.3, -0.25) is 9.36 Å².